The maximum atomic E-state index is 12.7. The van der Waals surface area contributed by atoms with Crippen molar-refractivity contribution in [1.29, 1.82) is 0 Å². The van der Waals surface area contributed by atoms with Crippen LogP contribution in [0.2, 0.25) is 0 Å². The highest BCUT2D eigenvalue weighted by Gasteiger charge is 2.35. The number of aromatic nitrogens is 2. The Morgan fingerprint density at radius 2 is 2.16 bits per heavy atom. The highest BCUT2D eigenvalue weighted by atomic mass is 32.2. The first-order valence-corrected chi connectivity index (χ1v) is 6.94. The molecular formula is C12H14F3N3S. The van der Waals surface area contributed by atoms with Gasteiger partial charge in [-0.1, -0.05) is 25.3 Å². The van der Waals surface area contributed by atoms with E-state index >= 15 is 0 Å². The lowest BCUT2D eigenvalue weighted by molar-refractivity contribution is -0.139. The van der Waals surface area contributed by atoms with E-state index in [1.807, 2.05) is 5.10 Å². The van der Waals surface area contributed by atoms with Crippen LogP contribution in [0.5, 0.6) is 0 Å². The molecule has 0 atom stereocenters. The smallest absolute Gasteiger partial charge is 0.330 e. The predicted molar refractivity (Wildman–Crippen MR) is 72.1 cm³/mol. The van der Waals surface area contributed by atoms with Crippen molar-refractivity contribution in [2.75, 3.05) is 10.5 Å². The molecule has 104 valence electrons. The van der Waals surface area contributed by atoms with Gasteiger partial charge in [-0.15, -0.1) is 0 Å². The highest BCUT2D eigenvalue weighted by Crippen LogP contribution is 2.34. The summed E-state index contributed by atoms with van der Waals surface area (Å²) < 4.78 is 41.3. The fourth-order valence-corrected chi connectivity index (χ4v) is 2.47. The molecule has 0 bridgehead atoms. The fourth-order valence-electron chi connectivity index (χ4n) is 1.64. The van der Waals surface area contributed by atoms with E-state index in [4.69, 9.17) is 0 Å². The van der Waals surface area contributed by atoms with E-state index < -0.39 is 11.9 Å². The van der Waals surface area contributed by atoms with Crippen molar-refractivity contribution in [1.82, 2.24) is 10.2 Å². The van der Waals surface area contributed by atoms with Crippen molar-refractivity contribution in [2.45, 2.75) is 25.9 Å². The first kappa shape index (κ1) is 14.0. The van der Waals surface area contributed by atoms with Gasteiger partial charge >= 0.3 is 6.18 Å². The number of nitrogens with one attached hydrogen (secondary N) is 2. The zero-order valence-corrected chi connectivity index (χ0v) is 11.2. The van der Waals surface area contributed by atoms with E-state index in [9.17, 15) is 13.2 Å². The lowest BCUT2D eigenvalue weighted by Crippen LogP contribution is -2.05. The second-order valence-electron chi connectivity index (χ2n) is 4.13. The molecule has 0 unspecified atom stereocenters. The van der Waals surface area contributed by atoms with Gasteiger partial charge in [0.25, 0.3) is 0 Å². The van der Waals surface area contributed by atoms with Crippen LogP contribution >= 0.6 is 11.9 Å². The maximum Gasteiger partial charge on any atom is 0.433 e. The highest BCUT2D eigenvalue weighted by molar-refractivity contribution is 8.00. The van der Waals surface area contributed by atoms with Crippen LogP contribution in [0.15, 0.2) is 18.2 Å². The molecule has 1 aromatic heterocycles. The van der Waals surface area contributed by atoms with Crippen molar-refractivity contribution in [2.24, 2.45) is 0 Å². The quantitative estimate of drug-likeness (QED) is 0.631. The lowest BCUT2D eigenvalue weighted by atomic mass is 10.2. The van der Waals surface area contributed by atoms with Crippen LogP contribution in [-0.4, -0.2) is 16.0 Å². The summed E-state index contributed by atoms with van der Waals surface area (Å²) in [5, 5.41) is 5.80. The molecular weight excluding hydrogens is 275 g/mol. The van der Waals surface area contributed by atoms with Crippen LogP contribution < -0.4 is 4.72 Å². The molecule has 2 rings (SSSR count). The van der Waals surface area contributed by atoms with E-state index in [0.717, 1.165) is 18.6 Å². The third-order valence-corrected chi connectivity index (χ3v) is 3.50. The zero-order chi connectivity index (χ0) is 13.9. The van der Waals surface area contributed by atoms with Gasteiger partial charge in [0, 0.05) is 16.8 Å². The van der Waals surface area contributed by atoms with Gasteiger partial charge in [0.1, 0.15) is 5.69 Å². The average Bonchev–Trinajstić information content (AvgIpc) is 2.77. The summed E-state index contributed by atoms with van der Waals surface area (Å²) in [5.74, 6) is 0.923. The number of aromatic amines is 1. The number of hydrogen-bond acceptors (Lipinski definition) is 3. The molecule has 1 aromatic carbocycles. The molecule has 0 radical (unpaired) electrons. The molecule has 0 saturated heterocycles. The number of unbranched alkanes of at least 4 members (excludes halogenated alkanes) is 1. The molecule has 0 spiro atoms. The minimum Gasteiger partial charge on any atom is -0.330 e. The Bertz CT molecular complexity index is 551. The Morgan fingerprint density at radius 1 is 1.37 bits per heavy atom. The lowest BCUT2D eigenvalue weighted by Gasteiger charge is -2.06. The fraction of sp³-hybridized carbons (Fsp3) is 0.417. The van der Waals surface area contributed by atoms with Gasteiger partial charge in [-0.25, -0.2) is 0 Å². The van der Waals surface area contributed by atoms with Crippen LogP contribution in [0.1, 0.15) is 25.5 Å². The molecule has 0 aliphatic rings. The number of alkyl halides is 3. The molecule has 2 aromatic rings. The zero-order valence-electron chi connectivity index (χ0n) is 10.3. The minimum absolute atomic E-state index is 0.0913. The van der Waals surface area contributed by atoms with Crippen molar-refractivity contribution >= 4 is 28.5 Å². The third kappa shape index (κ3) is 3.34. The van der Waals surface area contributed by atoms with Gasteiger partial charge < -0.3 is 4.72 Å². The number of halogens is 3. The first-order chi connectivity index (χ1) is 9.02. The van der Waals surface area contributed by atoms with Gasteiger partial charge in [-0.3, -0.25) is 5.10 Å². The molecule has 0 aliphatic carbocycles. The Morgan fingerprint density at radius 3 is 2.84 bits per heavy atom. The van der Waals surface area contributed by atoms with E-state index in [-0.39, 0.29) is 5.39 Å². The Hall–Kier alpha value is -1.37. The van der Waals surface area contributed by atoms with Gasteiger partial charge in [0.05, 0.1) is 5.52 Å². The van der Waals surface area contributed by atoms with E-state index in [1.165, 1.54) is 18.0 Å². The summed E-state index contributed by atoms with van der Waals surface area (Å²) in [6.07, 6.45) is -2.25. The topological polar surface area (TPSA) is 40.7 Å². The molecule has 0 fully saturated rings. The van der Waals surface area contributed by atoms with E-state index in [1.54, 1.807) is 12.1 Å². The van der Waals surface area contributed by atoms with Crippen molar-refractivity contribution < 1.29 is 13.2 Å². The van der Waals surface area contributed by atoms with Crippen LogP contribution in [0.4, 0.5) is 18.9 Å². The summed E-state index contributed by atoms with van der Waals surface area (Å²) in [6, 6.07) is 4.77. The van der Waals surface area contributed by atoms with Crippen molar-refractivity contribution in [3.8, 4) is 0 Å². The summed E-state index contributed by atoms with van der Waals surface area (Å²) in [4.78, 5) is 0. The molecule has 3 nitrogen and oxygen atoms in total. The van der Waals surface area contributed by atoms with Crippen LogP contribution in [-0.2, 0) is 6.18 Å². The monoisotopic (exact) mass is 289 g/mol. The SMILES string of the molecule is CCCCSNc1ccc2n[nH]c(C(F)(F)F)c2c1. The van der Waals surface area contributed by atoms with Crippen molar-refractivity contribution in [3.05, 3.63) is 23.9 Å². The van der Waals surface area contributed by atoms with Gasteiger partial charge in [-0.2, -0.15) is 18.3 Å². The van der Waals surface area contributed by atoms with Gasteiger partial charge in [-0.05, 0) is 24.6 Å². The first-order valence-electron chi connectivity index (χ1n) is 5.95. The number of anilines is 1. The molecule has 7 heteroatoms. The number of nitrogens with zero attached hydrogens (tertiary/aromatic N) is 1. The minimum atomic E-state index is -4.41. The Kier molecular flexibility index (Phi) is 4.24. The summed E-state index contributed by atoms with van der Waals surface area (Å²) in [7, 11) is 0. The van der Waals surface area contributed by atoms with Crippen LogP contribution in [0, 0.1) is 0 Å². The summed E-state index contributed by atoms with van der Waals surface area (Å²) >= 11 is 1.49. The molecule has 0 saturated carbocycles. The van der Waals surface area contributed by atoms with E-state index in [0.29, 0.717) is 11.2 Å². The second-order valence-corrected chi connectivity index (χ2v) is 5.03. The number of rotatable bonds is 5. The molecule has 0 aliphatic heterocycles. The number of H-pyrrole nitrogens is 1. The van der Waals surface area contributed by atoms with Crippen molar-refractivity contribution in [3.63, 3.8) is 0 Å². The normalized spacial score (nSPS) is 12.0. The predicted octanol–water partition coefficient (Wildman–Crippen LogP) is 4.44. The second kappa shape index (κ2) is 5.73. The molecule has 2 N–H and O–H groups in total. The van der Waals surface area contributed by atoms with Crippen LogP contribution in [0.3, 0.4) is 0 Å². The molecule has 19 heavy (non-hydrogen) atoms. The summed E-state index contributed by atoms with van der Waals surface area (Å²) in [6.45, 7) is 2.09. The molecule has 1 heterocycles. The Labute approximate surface area is 113 Å². The van der Waals surface area contributed by atoms with Gasteiger partial charge in [0.15, 0.2) is 0 Å². The van der Waals surface area contributed by atoms with Crippen LogP contribution in [0.25, 0.3) is 10.9 Å². The number of hydrogen-bond donors (Lipinski definition) is 2. The third-order valence-electron chi connectivity index (χ3n) is 2.63. The average molecular weight is 289 g/mol. The maximum absolute atomic E-state index is 12.7. The summed E-state index contributed by atoms with van der Waals surface area (Å²) in [5.41, 5.74) is 0.168. The largest absolute Gasteiger partial charge is 0.433 e. The Balaban J connectivity index is 2.19. The van der Waals surface area contributed by atoms with E-state index in [2.05, 4.69) is 16.7 Å². The number of benzene rings is 1. The standard InChI is InChI=1S/C12H14F3N3S/c1-2-3-6-19-18-8-4-5-10-9(7-8)11(17-16-10)12(13,14)15/h4-5,7,18H,2-3,6H2,1H3,(H,16,17). The molecule has 0 amide bonds. The van der Waals surface area contributed by atoms with Gasteiger partial charge in [0.2, 0.25) is 0 Å². The number of fused-ring (bicyclic) bond motifs is 1.